The summed E-state index contributed by atoms with van der Waals surface area (Å²) in [6.45, 7) is 1.40. The van der Waals surface area contributed by atoms with Gasteiger partial charge in [-0.15, -0.1) is 0 Å². The Morgan fingerprint density at radius 1 is 0.939 bits per heavy atom. The number of Topliss-reactive ketones (excluding diaryl/α,β-unsaturated/α-hetero) is 1. The van der Waals surface area contributed by atoms with Gasteiger partial charge < -0.3 is 15.2 Å². The minimum atomic E-state index is -0.845. The molecule has 3 aromatic rings. The summed E-state index contributed by atoms with van der Waals surface area (Å²) in [4.78, 5) is 39.0. The minimum Gasteiger partial charge on any atom is -0.507 e. The van der Waals surface area contributed by atoms with Crippen LogP contribution in [0.1, 0.15) is 24.1 Å². The van der Waals surface area contributed by atoms with Crippen molar-refractivity contribution < 1.29 is 24.2 Å². The number of ketones is 1. The molecule has 1 heterocycles. The van der Waals surface area contributed by atoms with Crippen molar-refractivity contribution in [3.8, 4) is 5.75 Å². The summed E-state index contributed by atoms with van der Waals surface area (Å²) in [5, 5.41) is 13.7. The van der Waals surface area contributed by atoms with Gasteiger partial charge in [0.25, 0.3) is 11.7 Å². The lowest BCUT2D eigenvalue weighted by Gasteiger charge is -2.25. The number of amides is 2. The average Bonchev–Trinajstić information content (AvgIpc) is 3.10. The third-order valence-electron chi connectivity index (χ3n) is 5.39. The molecule has 2 N–H and O–H groups in total. The third kappa shape index (κ3) is 4.21. The van der Waals surface area contributed by atoms with Crippen LogP contribution in [0.4, 0.5) is 11.4 Å². The van der Waals surface area contributed by atoms with E-state index in [1.165, 1.54) is 11.8 Å². The summed E-state index contributed by atoms with van der Waals surface area (Å²) >= 11 is 0. The molecule has 0 unspecified atom stereocenters. The zero-order valence-electron chi connectivity index (χ0n) is 18.1. The van der Waals surface area contributed by atoms with Crippen LogP contribution in [0.5, 0.6) is 5.75 Å². The van der Waals surface area contributed by atoms with Crippen molar-refractivity contribution in [3.63, 3.8) is 0 Å². The molecule has 0 aromatic heterocycles. The number of ether oxygens (including phenoxy) is 1. The number of hydrogen-bond acceptors (Lipinski definition) is 5. The summed E-state index contributed by atoms with van der Waals surface area (Å²) < 4.78 is 5.23. The number of nitrogens with zero attached hydrogens (tertiary/aromatic N) is 1. The number of aliphatic hydroxyl groups is 1. The number of nitrogens with one attached hydrogen (secondary N) is 1. The number of anilines is 2. The molecule has 0 radical (unpaired) electrons. The van der Waals surface area contributed by atoms with Gasteiger partial charge in [0.05, 0.1) is 18.7 Å². The van der Waals surface area contributed by atoms with Gasteiger partial charge in [0.15, 0.2) is 0 Å². The smallest absolute Gasteiger partial charge is 0.300 e. The number of carbonyl (C=O) groups excluding carboxylic acids is 3. The summed E-state index contributed by atoms with van der Waals surface area (Å²) in [6.07, 6.45) is 0. The predicted octanol–water partition coefficient (Wildman–Crippen LogP) is 4.28. The number of carbonyl (C=O) groups is 3. The van der Waals surface area contributed by atoms with E-state index >= 15 is 0 Å². The number of benzene rings is 3. The number of hydrogen-bond donors (Lipinski definition) is 2. The first-order valence-corrected chi connectivity index (χ1v) is 10.3. The second-order valence-corrected chi connectivity index (χ2v) is 7.54. The Hall–Kier alpha value is -4.39. The molecular weight excluding hydrogens is 420 g/mol. The van der Waals surface area contributed by atoms with Crippen LogP contribution in [0.25, 0.3) is 5.76 Å². The summed E-state index contributed by atoms with van der Waals surface area (Å²) in [5.74, 6) is -1.36. The Bertz CT molecular complexity index is 1230. The molecule has 0 bridgehead atoms. The number of methoxy groups -OCH3 is 1. The normalized spacial score (nSPS) is 17.2. The standard InChI is InChI=1S/C26H22N2O5/c1-16(29)27-19-10-12-20(13-11-19)28-23(17-8-14-21(33-2)15-9-17)22(25(31)26(28)32)24(30)18-6-4-3-5-7-18/h3-15,23,30H,1-2H3,(H,27,29)/t23-/m0/s1. The van der Waals surface area contributed by atoms with Crippen LogP contribution in [0.3, 0.4) is 0 Å². The molecule has 7 heteroatoms. The maximum absolute atomic E-state index is 13.2. The summed E-state index contributed by atoms with van der Waals surface area (Å²) in [6, 6.07) is 21.4. The maximum Gasteiger partial charge on any atom is 0.300 e. The maximum atomic E-state index is 13.2. The van der Waals surface area contributed by atoms with Crippen LogP contribution < -0.4 is 15.0 Å². The summed E-state index contributed by atoms with van der Waals surface area (Å²) in [5.41, 5.74) is 2.10. The van der Waals surface area contributed by atoms with Crippen LogP contribution >= 0.6 is 0 Å². The molecule has 1 atom stereocenters. The van der Waals surface area contributed by atoms with E-state index in [1.807, 2.05) is 0 Å². The zero-order valence-corrected chi connectivity index (χ0v) is 18.1. The van der Waals surface area contributed by atoms with E-state index in [-0.39, 0.29) is 17.2 Å². The molecule has 0 saturated carbocycles. The van der Waals surface area contributed by atoms with Gasteiger partial charge >= 0.3 is 0 Å². The molecule has 1 saturated heterocycles. The van der Waals surface area contributed by atoms with Crippen molar-refractivity contribution in [2.75, 3.05) is 17.3 Å². The van der Waals surface area contributed by atoms with E-state index in [4.69, 9.17) is 4.74 Å². The topological polar surface area (TPSA) is 95.9 Å². The van der Waals surface area contributed by atoms with E-state index in [0.717, 1.165) is 0 Å². The van der Waals surface area contributed by atoms with Crippen LogP contribution in [0.15, 0.2) is 84.4 Å². The zero-order chi connectivity index (χ0) is 23.5. The van der Waals surface area contributed by atoms with E-state index < -0.39 is 17.7 Å². The second-order valence-electron chi connectivity index (χ2n) is 7.54. The summed E-state index contributed by atoms with van der Waals surface area (Å²) in [7, 11) is 1.55. The molecule has 166 valence electrons. The molecule has 1 fully saturated rings. The van der Waals surface area contributed by atoms with Crippen molar-refractivity contribution in [1.29, 1.82) is 0 Å². The lowest BCUT2D eigenvalue weighted by atomic mass is 9.95. The Morgan fingerprint density at radius 3 is 2.15 bits per heavy atom. The van der Waals surface area contributed by atoms with Crippen molar-refractivity contribution in [2.24, 2.45) is 0 Å². The molecule has 4 rings (SSSR count). The minimum absolute atomic E-state index is 0.00213. The largest absolute Gasteiger partial charge is 0.507 e. The number of aliphatic hydroxyl groups excluding tert-OH is 1. The SMILES string of the molecule is COc1ccc([C@H]2C(=C(O)c3ccccc3)C(=O)C(=O)N2c2ccc(NC(C)=O)cc2)cc1. The van der Waals surface area contributed by atoms with Gasteiger partial charge in [0, 0.05) is 23.9 Å². The molecule has 1 aliphatic heterocycles. The fourth-order valence-electron chi connectivity index (χ4n) is 3.86. The fourth-order valence-corrected chi connectivity index (χ4v) is 3.86. The van der Waals surface area contributed by atoms with Gasteiger partial charge in [0.1, 0.15) is 11.5 Å². The average molecular weight is 442 g/mol. The highest BCUT2D eigenvalue weighted by Gasteiger charge is 2.46. The van der Waals surface area contributed by atoms with Crippen LogP contribution in [-0.2, 0) is 14.4 Å². The van der Waals surface area contributed by atoms with Gasteiger partial charge in [0.2, 0.25) is 5.91 Å². The molecule has 7 nitrogen and oxygen atoms in total. The van der Waals surface area contributed by atoms with Gasteiger partial charge in [-0.25, -0.2) is 0 Å². The molecule has 1 aliphatic rings. The lowest BCUT2D eigenvalue weighted by molar-refractivity contribution is -0.132. The molecule has 33 heavy (non-hydrogen) atoms. The van der Waals surface area contributed by atoms with E-state index in [1.54, 1.807) is 86.0 Å². The van der Waals surface area contributed by atoms with Crippen LogP contribution in [-0.4, -0.2) is 29.8 Å². The first-order valence-electron chi connectivity index (χ1n) is 10.3. The molecule has 0 aliphatic carbocycles. The molecular formula is C26H22N2O5. The quantitative estimate of drug-likeness (QED) is 0.349. The highest BCUT2D eigenvalue weighted by Crippen LogP contribution is 2.42. The Balaban J connectivity index is 1.86. The van der Waals surface area contributed by atoms with Gasteiger partial charge in [-0.2, -0.15) is 0 Å². The molecule has 0 spiro atoms. The Morgan fingerprint density at radius 2 is 1.58 bits per heavy atom. The third-order valence-corrected chi connectivity index (χ3v) is 5.39. The molecule has 2 amide bonds. The van der Waals surface area contributed by atoms with Crippen LogP contribution in [0, 0.1) is 0 Å². The lowest BCUT2D eigenvalue weighted by Crippen LogP contribution is -2.29. The van der Waals surface area contributed by atoms with E-state index in [9.17, 15) is 19.5 Å². The fraction of sp³-hybridized carbons (Fsp3) is 0.115. The predicted molar refractivity (Wildman–Crippen MR) is 125 cm³/mol. The van der Waals surface area contributed by atoms with Gasteiger partial charge in [-0.3, -0.25) is 19.3 Å². The van der Waals surface area contributed by atoms with Gasteiger partial charge in [-0.1, -0.05) is 42.5 Å². The first-order chi connectivity index (χ1) is 15.9. The van der Waals surface area contributed by atoms with E-state index in [2.05, 4.69) is 5.32 Å². The van der Waals surface area contributed by atoms with E-state index in [0.29, 0.717) is 28.3 Å². The van der Waals surface area contributed by atoms with Gasteiger partial charge in [-0.05, 0) is 42.0 Å². The monoisotopic (exact) mass is 442 g/mol. The van der Waals surface area contributed by atoms with Crippen molar-refractivity contribution in [2.45, 2.75) is 13.0 Å². The highest BCUT2D eigenvalue weighted by atomic mass is 16.5. The van der Waals surface area contributed by atoms with Crippen molar-refractivity contribution in [1.82, 2.24) is 0 Å². The Labute approximate surface area is 190 Å². The highest BCUT2D eigenvalue weighted by molar-refractivity contribution is 6.51. The van der Waals surface area contributed by atoms with Crippen LogP contribution in [0.2, 0.25) is 0 Å². The first kappa shape index (κ1) is 21.8. The van der Waals surface area contributed by atoms with Crippen molar-refractivity contribution in [3.05, 3.63) is 95.6 Å². The number of rotatable bonds is 5. The Kier molecular flexibility index (Phi) is 5.95. The molecule has 3 aromatic carbocycles. The second kappa shape index (κ2) is 9.00. The van der Waals surface area contributed by atoms with Crippen molar-refractivity contribution >= 4 is 34.7 Å².